The lowest BCUT2D eigenvalue weighted by atomic mass is 9.79. The lowest BCUT2D eigenvalue weighted by molar-refractivity contribution is 0.0475. The highest BCUT2D eigenvalue weighted by molar-refractivity contribution is 5.30. The van der Waals surface area contributed by atoms with Crippen LogP contribution < -0.4 is 5.32 Å². The van der Waals surface area contributed by atoms with E-state index in [-0.39, 0.29) is 24.1 Å². The molecule has 0 bridgehead atoms. The van der Waals surface area contributed by atoms with E-state index < -0.39 is 0 Å². The number of hydrogen-bond acceptors (Lipinski definition) is 2. The molecule has 3 heteroatoms. The minimum atomic E-state index is -0.164. The smallest absolute Gasteiger partial charge is 0.123 e. The first kappa shape index (κ1) is 16.4. The molecule has 2 rings (SSSR count). The molecule has 1 N–H and O–H groups in total. The molecular weight excluding hydrogens is 265 g/mol. The molecule has 5 unspecified atom stereocenters. The van der Waals surface area contributed by atoms with Gasteiger partial charge in [0.1, 0.15) is 5.82 Å². The fourth-order valence-corrected chi connectivity index (χ4v) is 3.61. The molecule has 21 heavy (non-hydrogen) atoms. The van der Waals surface area contributed by atoms with E-state index in [2.05, 4.69) is 33.0 Å². The molecule has 2 nitrogen and oxygen atoms in total. The van der Waals surface area contributed by atoms with Gasteiger partial charge in [-0.3, -0.25) is 0 Å². The third kappa shape index (κ3) is 3.46. The highest BCUT2D eigenvalue weighted by Crippen LogP contribution is 2.41. The number of aryl methyl sites for hydroxylation is 1. The molecule has 1 fully saturated rings. The van der Waals surface area contributed by atoms with Crippen LogP contribution in [0.4, 0.5) is 4.39 Å². The van der Waals surface area contributed by atoms with Crippen LogP contribution in [0, 0.1) is 24.6 Å². The first-order valence-corrected chi connectivity index (χ1v) is 8.10. The summed E-state index contributed by atoms with van der Waals surface area (Å²) in [6, 6.07) is 5.35. The normalized spacial score (nSPS) is 30.6. The van der Waals surface area contributed by atoms with E-state index in [1.54, 1.807) is 12.1 Å². The van der Waals surface area contributed by atoms with Gasteiger partial charge in [0.25, 0.3) is 0 Å². The number of ether oxygens (including phenoxy) is 1. The van der Waals surface area contributed by atoms with Gasteiger partial charge in [0.2, 0.25) is 0 Å². The van der Waals surface area contributed by atoms with Crippen LogP contribution in [-0.2, 0) is 4.74 Å². The molecule has 0 radical (unpaired) electrons. The standard InChI is InChI=1S/C18H28FNO/c1-6-9-20-18(16-8-7-15(19)10-11(16)2)17-12(3)13(4)21-14(17)5/h7-8,10,12-14,17-18,20H,6,9H2,1-5H3. The Morgan fingerprint density at radius 2 is 1.95 bits per heavy atom. The highest BCUT2D eigenvalue weighted by atomic mass is 19.1. The zero-order valence-corrected chi connectivity index (χ0v) is 13.8. The molecule has 0 aliphatic carbocycles. The Bertz CT molecular complexity index is 476. The van der Waals surface area contributed by atoms with Gasteiger partial charge in [-0.2, -0.15) is 0 Å². The second kappa shape index (κ2) is 6.89. The Balaban J connectivity index is 2.33. The van der Waals surface area contributed by atoms with Gasteiger partial charge in [0.15, 0.2) is 0 Å². The van der Waals surface area contributed by atoms with Crippen molar-refractivity contribution in [2.75, 3.05) is 6.54 Å². The second-order valence-electron chi connectivity index (χ2n) is 6.42. The molecule has 0 amide bonds. The summed E-state index contributed by atoms with van der Waals surface area (Å²) >= 11 is 0. The average Bonchev–Trinajstić information content (AvgIpc) is 2.67. The summed E-state index contributed by atoms with van der Waals surface area (Å²) < 4.78 is 19.4. The van der Waals surface area contributed by atoms with Crippen molar-refractivity contribution in [1.29, 1.82) is 0 Å². The van der Waals surface area contributed by atoms with E-state index in [0.29, 0.717) is 11.8 Å². The summed E-state index contributed by atoms with van der Waals surface area (Å²) in [6.07, 6.45) is 1.58. The monoisotopic (exact) mass is 293 g/mol. The van der Waals surface area contributed by atoms with E-state index in [0.717, 1.165) is 18.5 Å². The van der Waals surface area contributed by atoms with Gasteiger partial charge in [0, 0.05) is 12.0 Å². The summed E-state index contributed by atoms with van der Waals surface area (Å²) in [4.78, 5) is 0. The predicted molar refractivity (Wildman–Crippen MR) is 84.8 cm³/mol. The van der Waals surface area contributed by atoms with Gasteiger partial charge in [0.05, 0.1) is 12.2 Å². The largest absolute Gasteiger partial charge is 0.375 e. The lowest BCUT2D eigenvalue weighted by Gasteiger charge is -2.31. The molecule has 0 aromatic heterocycles. The molecule has 1 aliphatic heterocycles. The van der Waals surface area contributed by atoms with Crippen LogP contribution >= 0.6 is 0 Å². The molecule has 1 aromatic carbocycles. The maximum Gasteiger partial charge on any atom is 0.123 e. The maximum atomic E-state index is 13.4. The van der Waals surface area contributed by atoms with Crippen molar-refractivity contribution in [3.8, 4) is 0 Å². The number of nitrogens with one attached hydrogen (secondary N) is 1. The van der Waals surface area contributed by atoms with Crippen molar-refractivity contribution < 1.29 is 9.13 Å². The molecule has 1 saturated heterocycles. The summed E-state index contributed by atoms with van der Waals surface area (Å²) in [5, 5.41) is 3.67. The number of hydrogen-bond donors (Lipinski definition) is 1. The van der Waals surface area contributed by atoms with Crippen LogP contribution in [0.25, 0.3) is 0 Å². The van der Waals surface area contributed by atoms with Gasteiger partial charge in [-0.05, 0) is 62.9 Å². The van der Waals surface area contributed by atoms with Gasteiger partial charge in [-0.25, -0.2) is 4.39 Å². The topological polar surface area (TPSA) is 21.3 Å². The van der Waals surface area contributed by atoms with Crippen LogP contribution in [0.15, 0.2) is 18.2 Å². The molecule has 5 atom stereocenters. The maximum absolute atomic E-state index is 13.4. The van der Waals surface area contributed by atoms with Crippen molar-refractivity contribution >= 4 is 0 Å². The van der Waals surface area contributed by atoms with Crippen LogP contribution in [0.3, 0.4) is 0 Å². The zero-order chi connectivity index (χ0) is 15.6. The van der Waals surface area contributed by atoms with Gasteiger partial charge in [-0.15, -0.1) is 0 Å². The molecule has 118 valence electrons. The minimum Gasteiger partial charge on any atom is -0.375 e. The molecule has 1 aromatic rings. The van der Waals surface area contributed by atoms with E-state index in [1.807, 2.05) is 13.0 Å². The summed E-state index contributed by atoms with van der Waals surface area (Å²) in [7, 11) is 0. The first-order chi connectivity index (χ1) is 9.95. The first-order valence-electron chi connectivity index (χ1n) is 8.10. The van der Waals surface area contributed by atoms with Crippen LogP contribution in [0.2, 0.25) is 0 Å². The lowest BCUT2D eigenvalue weighted by Crippen LogP contribution is -2.35. The van der Waals surface area contributed by atoms with Crippen molar-refractivity contribution in [2.24, 2.45) is 11.8 Å². The SMILES string of the molecule is CCCNC(c1ccc(F)cc1C)C1C(C)OC(C)C1C. The quantitative estimate of drug-likeness (QED) is 0.877. The molecule has 1 heterocycles. The number of rotatable bonds is 5. The van der Waals surface area contributed by atoms with Gasteiger partial charge in [-0.1, -0.05) is 19.9 Å². The average molecular weight is 293 g/mol. The third-order valence-electron chi connectivity index (χ3n) is 4.88. The Labute approximate surface area is 128 Å². The van der Waals surface area contributed by atoms with Gasteiger partial charge < -0.3 is 10.1 Å². The highest BCUT2D eigenvalue weighted by Gasteiger charge is 2.42. The van der Waals surface area contributed by atoms with E-state index in [4.69, 9.17) is 4.74 Å². The second-order valence-corrected chi connectivity index (χ2v) is 6.42. The van der Waals surface area contributed by atoms with Crippen molar-refractivity contribution in [1.82, 2.24) is 5.32 Å². The van der Waals surface area contributed by atoms with E-state index in [9.17, 15) is 4.39 Å². The summed E-state index contributed by atoms with van der Waals surface area (Å²) in [6.45, 7) is 11.7. The fourth-order valence-electron chi connectivity index (χ4n) is 3.61. The Hall–Kier alpha value is -0.930. The van der Waals surface area contributed by atoms with Crippen LogP contribution in [-0.4, -0.2) is 18.8 Å². The third-order valence-corrected chi connectivity index (χ3v) is 4.88. The van der Waals surface area contributed by atoms with Gasteiger partial charge >= 0.3 is 0 Å². The van der Waals surface area contributed by atoms with Crippen LogP contribution in [0.1, 0.15) is 51.3 Å². The van der Waals surface area contributed by atoms with E-state index in [1.165, 1.54) is 5.56 Å². The Morgan fingerprint density at radius 3 is 2.48 bits per heavy atom. The van der Waals surface area contributed by atoms with Crippen molar-refractivity contribution in [2.45, 2.75) is 59.3 Å². The summed E-state index contributed by atoms with van der Waals surface area (Å²) in [5.74, 6) is 0.733. The molecule has 0 spiro atoms. The number of benzene rings is 1. The molecule has 0 saturated carbocycles. The van der Waals surface area contributed by atoms with Crippen LogP contribution in [0.5, 0.6) is 0 Å². The summed E-state index contributed by atoms with van der Waals surface area (Å²) in [5.41, 5.74) is 2.22. The molecule has 1 aliphatic rings. The Kier molecular flexibility index (Phi) is 5.39. The van der Waals surface area contributed by atoms with Crippen molar-refractivity contribution in [3.05, 3.63) is 35.1 Å². The Morgan fingerprint density at radius 1 is 1.24 bits per heavy atom. The fraction of sp³-hybridized carbons (Fsp3) is 0.667. The van der Waals surface area contributed by atoms with E-state index >= 15 is 0 Å². The van der Waals surface area contributed by atoms with Crippen molar-refractivity contribution in [3.63, 3.8) is 0 Å². The molecular formula is C18H28FNO. The predicted octanol–water partition coefficient (Wildman–Crippen LogP) is 4.23. The number of halogens is 1. The minimum absolute atomic E-state index is 0.164. The zero-order valence-electron chi connectivity index (χ0n) is 13.8.